The molecule has 0 aliphatic heterocycles. The second kappa shape index (κ2) is 4.15. The maximum absolute atomic E-state index is 11.6. The Hall–Kier alpha value is -1.49. The number of hydrogen-bond donors (Lipinski definition) is 0. The lowest BCUT2D eigenvalue weighted by atomic mass is 10.1. The molecule has 1 aromatic heterocycles. The quantitative estimate of drug-likeness (QED) is 0.334. The molecular weight excluding hydrogens is 202 g/mol. The van der Waals surface area contributed by atoms with Crippen LogP contribution in [0.2, 0.25) is 0 Å². The van der Waals surface area contributed by atoms with Crippen LogP contribution in [0, 0.1) is 10.1 Å². The third kappa shape index (κ3) is 2.05. The van der Waals surface area contributed by atoms with E-state index < -0.39 is 10.7 Å². The zero-order valence-corrected chi connectivity index (χ0v) is 8.63. The Morgan fingerprint density at radius 1 is 1.50 bits per heavy atom. The fourth-order valence-electron chi connectivity index (χ4n) is 1.02. The number of nitro groups is 1. The zero-order valence-electron chi connectivity index (χ0n) is 7.81. The summed E-state index contributed by atoms with van der Waals surface area (Å²) < 4.78 is 0. The molecule has 1 rings (SSSR count). The van der Waals surface area contributed by atoms with Gasteiger partial charge in [-0.3, -0.25) is 14.9 Å². The first kappa shape index (κ1) is 10.6. The maximum atomic E-state index is 11.6. The molecule has 0 aliphatic carbocycles. The number of Topliss-reactive ketones (excluding diaryl/α,β-unsaturated/α-hetero) is 1. The Balaban J connectivity index is 3.11. The zero-order chi connectivity index (χ0) is 10.7. The van der Waals surface area contributed by atoms with E-state index in [1.54, 1.807) is 31.4 Å². The highest BCUT2D eigenvalue weighted by atomic mass is 32.1. The molecule has 0 aromatic carbocycles. The number of carbonyl (C=O) groups is 1. The minimum absolute atomic E-state index is 0.326. The molecule has 0 N–H and O–H groups in total. The molecule has 0 amide bonds. The first-order valence-corrected chi connectivity index (χ1v) is 4.82. The van der Waals surface area contributed by atoms with E-state index in [0.29, 0.717) is 10.5 Å². The molecule has 0 saturated carbocycles. The van der Waals surface area contributed by atoms with Crippen molar-refractivity contribution in [3.8, 4) is 0 Å². The minimum atomic E-state index is -0.628. The van der Waals surface area contributed by atoms with Gasteiger partial charge in [-0.2, -0.15) is 0 Å². The highest BCUT2D eigenvalue weighted by molar-refractivity contribution is 7.12. The summed E-state index contributed by atoms with van der Waals surface area (Å²) in [5.41, 5.74) is 0.0980. The molecule has 0 fully saturated rings. The third-order valence-corrected chi connectivity index (χ3v) is 2.48. The van der Waals surface area contributed by atoms with E-state index in [-0.39, 0.29) is 5.70 Å². The van der Waals surface area contributed by atoms with Gasteiger partial charge in [0.2, 0.25) is 0 Å². The molecule has 0 unspecified atom stereocenters. The van der Waals surface area contributed by atoms with Gasteiger partial charge in [0, 0.05) is 5.57 Å². The molecule has 14 heavy (non-hydrogen) atoms. The smallest absolute Gasteiger partial charge is 0.281 e. The summed E-state index contributed by atoms with van der Waals surface area (Å²) in [5, 5.41) is 12.3. The van der Waals surface area contributed by atoms with Crippen LogP contribution in [0.3, 0.4) is 0 Å². The van der Waals surface area contributed by atoms with Crippen LogP contribution in [-0.2, 0) is 0 Å². The van der Waals surface area contributed by atoms with Gasteiger partial charge in [0.1, 0.15) is 0 Å². The molecular formula is C9H9NO3S. The van der Waals surface area contributed by atoms with Gasteiger partial charge in [0.05, 0.1) is 9.80 Å². The lowest BCUT2D eigenvalue weighted by Crippen LogP contribution is -2.12. The predicted molar refractivity (Wildman–Crippen MR) is 54.0 cm³/mol. The van der Waals surface area contributed by atoms with Crippen molar-refractivity contribution in [2.75, 3.05) is 0 Å². The number of rotatable bonds is 3. The van der Waals surface area contributed by atoms with Crippen LogP contribution in [0.5, 0.6) is 0 Å². The van der Waals surface area contributed by atoms with Crippen molar-refractivity contribution < 1.29 is 9.72 Å². The van der Waals surface area contributed by atoms with E-state index in [4.69, 9.17) is 0 Å². The molecule has 5 heteroatoms. The largest absolute Gasteiger partial charge is 0.316 e. The summed E-state index contributed by atoms with van der Waals surface area (Å²) in [6.45, 7) is 3.12. The maximum Gasteiger partial charge on any atom is 0.316 e. The van der Waals surface area contributed by atoms with Crippen molar-refractivity contribution in [2.24, 2.45) is 0 Å². The van der Waals surface area contributed by atoms with Crippen molar-refractivity contribution in [2.45, 2.75) is 13.8 Å². The molecule has 0 bridgehead atoms. The van der Waals surface area contributed by atoms with Crippen molar-refractivity contribution in [1.29, 1.82) is 0 Å². The Morgan fingerprint density at radius 2 is 2.14 bits per heavy atom. The van der Waals surface area contributed by atoms with Crippen LogP contribution < -0.4 is 0 Å². The van der Waals surface area contributed by atoms with Crippen molar-refractivity contribution in [1.82, 2.24) is 0 Å². The van der Waals surface area contributed by atoms with Gasteiger partial charge in [0.15, 0.2) is 0 Å². The summed E-state index contributed by atoms with van der Waals surface area (Å²) in [7, 11) is 0. The first-order chi connectivity index (χ1) is 6.54. The number of thiophene rings is 1. The molecule has 74 valence electrons. The number of nitrogens with zero attached hydrogens (tertiary/aromatic N) is 1. The fraction of sp³-hybridized carbons (Fsp3) is 0.222. The van der Waals surface area contributed by atoms with Gasteiger partial charge in [-0.1, -0.05) is 6.07 Å². The van der Waals surface area contributed by atoms with Gasteiger partial charge in [-0.05, 0) is 25.3 Å². The van der Waals surface area contributed by atoms with E-state index in [1.807, 2.05) is 0 Å². The summed E-state index contributed by atoms with van der Waals surface area (Å²) in [6.07, 6.45) is 0. The first-order valence-electron chi connectivity index (χ1n) is 3.94. The molecule has 0 radical (unpaired) electrons. The van der Waals surface area contributed by atoms with Crippen LogP contribution in [-0.4, -0.2) is 10.7 Å². The Kier molecular flexibility index (Phi) is 3.14. The Bertz CT molecular complexity index is 388. The van der Waals surface area contributed by atoms with Crippen LogP contribution in [0.1, 0.15) is 23.5 Å². The van der Waals surface area contributed by atoms with Crippen LogP contribution in [0.15, 0.2) is 28.8 Å². The van der Waals surface area contributed by atoms with Gasteiger partial charge in [-0.15, -0.1) is 11.3 Å². The molecule has 0 spiro atoms. The second-order valence-corrected chi connectivity index (χ2v) is 3.86. The van der Waals surface area contributed by atoms with Crippen LogP contribution in [0.4, 0.5) is 0 Å². The van der Waals surface area contributed by atoms with E-state index in [1.165, 1.54) is 11.3 Å². The highest BCUT2D eigenvalue weighted by Gasteiger charge is 2.25. The normalized spacial score (nSPS) is 9.57. The monoisotopic (exact) mass is 211 g/mol. The fourth-order valence-corrected chi connectivity index (χ4v) is 1.68. The average molecular weight is 211 g/mol. The molecule has 1 aromatic rings. The number of hydrogen-bond acceptors (Lipinski definition) is 4. The second-order valence-electron chi connectivity index (χ2n) is 2.91. The Morgan fingerprint density at radius 3 is 2.50 bits per heavy atom. The third-order valence-electron chi connectivity index (χ3n) is 1.62. The lowest BCUT2D eigenvalue weighted by Gasteiger charge is -1.97. The summed E-state index contributed by atoms with van der Waals surface area (Å²) in [4.78, 5) is 22.0. The molecule has 4 nitrogen and oxygen atoms in total. The molecule has 0 saturated heterocycles. The minimum Gasteiger partial charge on any atom is -0.281 e. The van der Waals surface area contributed by atoms with Crippen molar-refractivity contribution >= 4 is 17.1 Å². The van der Waals surface area contributed by atoms with Crippen LogP contribution >= 0.6 is 11.3 Å². The topological polar surface area (TPSA) is 60.2 Å². The number of allylic oxidation sites excluding steroid dienone is 2. The predicted octanol–water partition coefficient (Wildman–Crippen LogP) is 2.50. The van der Waals surface area contributed by atoms with Gasteiger partial charge < -0.3 is 0 Å². The van der Waals surface area contributed by atoms with Gasteiger partial charge in [-0.25, -0.2) is 0 Å². The Labute approximate surface area is 85.0 Å². The number of carbonyl (C=O) groups excluding carboxylic acids is 1. The summed E-state index contributed by atoms with van der Waals surface area (Å²) >= 11 is 1.21. The van der Waals surface area contributed by atoms with Crippen molar-refractivity contribution in [3.63, 3.8) is 0 Å². The van der Waals surface area contributed by atoms with E-state index in [0.717, 1.165) is 0 Å². The van der Waals surface area contributed by atoms with Gasteiger partial charge in [0.25, 0.3) is 5.78 Å². The summed E-state index contributed by atoms with van der Waals surface area (Å²) in [5.74, 6) is -0.509. The standard InChI is InChI=1S/C9H9NO3S/c1-6(2)8(10(12)13)9(11)7-4-3-5-14-7/h3-5H,1-2H3. The highest BCUT2D eigenvalue weighted by Crippen LogP contribution is 2.17. The van der Waals surface area contributed by atoms with E-state index in [9.17, 15) is 14.9 Å². The SMILES string of the molecule is CC(C)=C(C(=O)c1cccs1)[N+](=O)[O-]. The van der Waals surface area contributed by atoms with E-state index >= 15 is 0 Å². The van der Waals surface area contributed by atoms with Gasteiger partial charge >= 0.3 is 5.70 Å². The molecule has 0 atom stereocenters. The van der Waals surface area contributed by atoms with Crippen LogP contribution in [0.25, 0.3) is 0 Å². The molecule has 0 aliphatic rings. The summed E-state index contributed by atoms with van der Waals surface area (Å²) in [6, 6.07) is 3.28. The average Bonchev–Trinajstić information content (AvgIpc) is 2.53. The number of ketones is 1. The van der Waals surface area contributed by atoms with Crippen molar-refractivity contribution in [3.05, 3.63) is 43.8 Å². The molecule has 1 heterocycles. The van der Waals surface area contributed by atoms with E-state index in [2.05, 4.69) is 0 Å². The lowest BCUT2D eigenvalue weighted by molar-refractivity contribution is -0.417.